The number of nitrogens with one attached hydrogen (secondary N) is 1. The molecule has 5 heteroatoms. The summed E-state index contributed by atoms with van der Waals surface area (Å²) in [4.78, 5) is 2.23. The van der Waals surface area contributed by atoms with Gasteiger partial charge in [0.05, 0.1) is 25.9 Å². The van der Waals surface area contributed by atoms with E-state index in [2.05, 4.69) is 10.2 Å². The molecule has 0 aromatic carbocycles. The highest BCUT2D eigenvalue weighted by Crippen LogP contribution is 2.28. The summed E-state index contributed by atoms with van der Waals surface area (Å²) in [6.45, 7) is 4.78. The van der Waals surface area contributed by atoms with E-state index < -0.39 is 0 Å². The third-order valence-electron chi connectivity index (χ3n) is 4.15. The normalized spacial score (nSPS) is 26.3. The summed E-state index contributed by atoms with van der Waals surface area (Å²) in [5.41, 5.74) is -0.133. The molecule has 1 saturated heterocycles. The van der Waals surface area contributed by atoms with Crippen LogP contribution in [0.2, 0.25) is 0 Å². The largest absolute Gasteiger partial charge is 0.394 e. The van der Waals surface area contributed by atoms with Gasteiger partial charge < -0.3 is 20.3 Å². The summed E-state index contributed by atoms with van der Waals surface area (Å²) in [6, 6.07) is 0. The van der Waals surface area contributed by atoms with Crippen LogP contribution >= 0.6 is 0 Å². The average Bonchev–Trinajstić information content (AvgIpc) is 2.87. The molecule has 1 atom stereocenters. The third kappa shape index (κ3) is 3.90. The predicted molar refractivity (Wildman–Crippen MR) is 69.6 cm³/mol. The van der Waals surface area contributed by atoms with Gasteiger partial charge in [-0.2, -0.15) is 0 Å². The topological polar surface area (TPSA) is 65.0 Å². The monoisotopic (exact) mass is 258 g/mol. The van der Waals surface area contributed by atoms with Gasteiger partial charge in [0.1, 0.15) is 0 Å². The first kappa shape index (κ1) is 14.2. The van der Waals surface area contributed by atoms with Gasteiger partial charge in [-0.25, -0.2) is 0 Å². The molecule has 2 rings (SSSR count). The summed E-state index contributed by atoms with van der Waals surface area (Å²) in [7, 11) is 0. The number of hydrogen-bond donors (Lipinski definition) is 3. The number of rotatable bonds is 6. The molecule has 0 amide bonds. The Morgan fingerprint density at radius 3 is 2.50 bits per heavy atom. The van der Waals surface area contributed by atoms with Gasteiger partial charge in [-0.05, 0) is 12.8 Å². The quantitative estimate of drug-likeness (QED) is 0.603. The molecular weight excluding hydrogens is 232 g/mol. The van der Waals surface area contributed by atoms with E-state index in [1.54, 1.807) is 0 Å². The second-order valence-electron chi connectivity index (χ2n) is 5.59. The molecule has 3 N–H and O–H groups in total. The minimum atomic E-state index is -0.368. The first-order chi connectivity index (χ1) is 8.74. The third-order valence-corrected chi connectivity index (χ3v) is 4.15. The summed E-state index contributed by atoms with van der Waals surface area (Å²) in [5.74, 6) is 0. The van der Waals surface area contributed by atoms with Crippen molar-refractivity contribution in [3.63, 3.8) is 0 Å². The molecule has 1 aliphatic carbocycles. The molecule has 0 spiro atoms. The van der Waals surface area contributed by atoms with Crippen molar-refractivity contribution in [3.05, 3.63) is 0 Å². The second-order valence-corrected chi connectivity index (χ2v) is 5.59. The molecule has 0 aromatic heterocycles. The maximum absolute atomic E-state index is 10.0. The molecule has 0 radical (unpaired) electrons. The highest BCUT2D eigenvalue weighted by molar-refractivity contribution is 4.92. The number of aliphatic hydroxyl groups excluding tert-OH is 2. The molecule has 2 aliphatic rings. The summed E-state index contributed by atoms with van der Waals surface area (Å²) in [5, 5.41) is 22.9. The lowest BCUT2D eigenvalue weighted by molar-refractivity contribution is 0.0124. The van der Waals surface area contributed by atoms with Gasteiger partial charge in [0, 0.05) is 31.7 Å². The molecule has 1 heterocycles. The minimum Gasteiger partial charge on any atom is -0.394 e. The Bertz CT molecular complexity index is 238. The smallest absolute Gasteiger partial charge is 0.0791 e. The fourth-order valence-corrected chi connectivity index (χ4v) is 2.92. The number of hydrogen-bond acceptors (Lipinski definition) is 5. The zero-order valence-corrected chi connectivity index (χ0v) is 11.1. The minimum absolute atomic E-state index is 0.133. The molecular formula is C13H26N2O3. The van der Waals surface area contributed by atoms with Gasteiger partial charge in [0.2, 0.25) is 0 Å². The SMILES string of the molecule is OCC1(NCC(O)CN2CCOCC2)CCCC1. The summed E-state index contributed by atoms with van der Waals surface area (Å²) < 4.78 is 5.28. The lowest BCUT2D eigenvalue weighted by Crippen LogP contribution is -2.51. The van der Waals surface area contributed by atoms with E-state index in [0.29, 0.717) is 13.1 Å². The van der Waals surface area contributed by atoms with Crippen LogP contribution in [0.25, 0.3) is 0 Å². The van der Waals surface area contributed by atoms with E-state index in [1.165, 1.54) is 12.8 Å². The van der Waals surface area contributed by atoms with Crippen LogP contribution in [0.15, 0.2) is 0 Å². The molecule has 1 unspecified atom stereocenters. The van der Waals surface area contributed by atoms with E-state index in [9.17, 15) is 10.2 Å². The Hall–Kier alpha value is -0.200. The van der Waals surface area contributed by atoms with E-state index in [1.807, 2.05) is 0 Å². The van der Waals surface area contributed by atoms with Crippen molar-refractivity contribution >= 4 is 0 Å². The number of aliphatic hydroxyl groups is 2. The predicted octanol–water partition coefficient (Wildman–Crippen LogP) is -0.426. The van der Waals surface area contributed by atoms with Crippen LogP contribution in [0, 0.1) is 0 Å². The zero-order valence-electron chi connectivity index (χ0n) is 11.1. The standard InChI is InChI=1S/C13H26N2O3/c16-11-13(3-1-2-4-13)14-9-12(17)10-15-5-7-18-8-6-15/h12,14,16-17H,1-11H2. The van der Waals surface area contributed by atoms with Gasteiger partial charge in [0.15, 0.2) is 0 Å². The Labute approximate surface area is 109 Å². The van der Waals surface area contributed by atoms with Gasteiger partial charge in [-0.15, -0.1) is 0 Å². The number of β-amino-alcohol motifs (C(OH)–C–C–N with tert-alkyl or cyclic N) is 1. The zero-order chi connectivity index (χ0) is 12.8. The Morgan fingerprint density at radius 1 is 1.22 bits per heavy atom. The van der Waals surface area contributed by atoms with Crippen LogP contribution in [0.1, 0.15) is 25.7 Å². The molecule has 1 saturated carbocycles. The molecule has 106 valence electrons. The van der Waals surface area contributed by atoms with Gasteiger partial charge in [-0.3, -0.25) is 4.90 Å². The molecule has 0 aromatic rings. The van der Waals surface area contributed by atoms with E-state index >= 15 is 0 Å². The van der Waals surface area contributed by atoms with Crippen molar-refractivity contribution in [2.75, 3.05) is 46.0 Å². The maximum Gasteiger partial charge on any atom is 0.0791 e. The fourth-order valence-electron chi connectivity index (χ4n) is 2.92. The van der Waals surface area contributed by atoms with E-state index in [-0.39, 0.29) is 18.2 Å². The summed E-state index contributed by atoms with van der Waals surface area (Å²) in [6.07, 6.45) is 4.02. The fraction of sp³-hybridized carbons (Fsp3) is 1.00. The lowest BCUT2D eigenvalue weighted by atomic mass is 9.98. The van der Waals surface area contributed by atoms with Gasteiger partial charge in [0.25, 0.3) is 0 Å². The van der Waals surface area contributed by atoms with Crippen LogP contribution in [-0.4, -0.2) is 72.8 Å². The molecule has 18 heavy (non-hydrogen) atoms. The van der Waals surface area contributed by atoms with E-state index in [0.717, 1.165) is 39.1 Å². The number of nitrogens with zero attached hydrogens (tertiary/aromatic N) is 1. The number of morpholine rings is 1. The van der Waals surface area contributed by atoms with E-state index in [4.69, 9.17) is 4.74 Å². The highest BCUT2D eigenvalue weighted by atomic mass is 16.5. The van der Waals surface area contributed by atoms with Crippen molar-refractivity contribution in [2.45, 2.75) is 37.3 Å². The van der Waals surface area contributed by atoms with Crippen LogP contribution in [0.3, 0.4) is 0 Å². The Morgan fingerprint density at radius 2 is 1.89 bits per heavy atom. The Balaban J connectivity index is 1.68. The van der Waals surface area contributed by atoms with Crippen LogP contribution in [0.5, 0.6) is 0 Å². The van der Waals surface area contributed by atoms with Crippen LogP contribution in [0.4, 0.5) is 0 Å². The molecule has 0 bridgehead atoms. The van der Waals surface area contributed by atoms with Crippen molar-refractivity contribution < 1.29 is 14.9 Å². The average molecular weight is 258 g/mol. The van der Waals surface area contributed by atoms with Gasteiger partial charge >= 0.3 is 0 Å². The molecule has 1 aliphatic heterocycles. The maximum atomic E-state index is 10.0. The van der Waals surface area contributed by atoms with Crippen LogP contribution in [-0.2, 0) is 4.74 Å². The lowest BCUT2D eigenvalue weighted by Gasteiger charge is -2.32. The van der Waals surface area contributed by atoms with Crippen LogP contribution < -0.4 is 5.32 Å². The van der Waals surface area contributed by atoms with Crippen molar-refractivity contribution in [3.8, 4) is 0 Å². The summed E-state index contributed by atoms with van der Waals surface area (Å²) >= 11 is 0. The van der Waals surface area contributed by atoms with Crippen molar-refractivity contribution in [1.82, 2.24) is 10.2 Å². The first-order valence-corrected chi connectivity index (χ1v) is 7.08. The van der Waals surface area contributed by atoms with Crippen molar-refractivity contribution in [2.24, 2.45) is 0 Å². The molecule has 5 nitrogen and oxygen atoms in total. The highest BCUT2D eigenvalue weighted by Gasteiger charge is 2.33. The Kier molecular flexibility index (Phi) is 5.38. The van der Waals surface area contributed by atoms with Gasteiger partial charge in [-0.1, -0.05) is 12.8 Å². The first-order valence-electron chi connectivity index (χ1n) is 7.08. The van der Waals surface area contributed by atoms with Crippen molar-refractivity contribution in [1.29, 1.82) is 0 Å². The second kappa shape index (κ2) is 6.82. The number of ether oxygens (including phenoxy) is 1. The molecule has 2 fully saturated rings.